The molecular formula is C8H15N3O. The Morgan fingerprint density at radius 2 is 2.33 bits per heavy atom. The molecule has 0 atom stereocenters. The van der Waals surface area contributed by atoms with Crippen LogP contribution in [0.3, 0.4) is 0 Å². The summed E-state index contributed by atoms with van der Waals surface area (Å²) in [6.45, 7) is 2.74. The molecule has 0 amide bonds. The van der Waals surface area contributed by atoms with Crippen molar-refractivity contribution < 1.29 is 5.11 Å². The molecule has 1 N–H and O–H groups in total. The standard InChI is InChI=1S/C8H15N3O/c1-10(7-8-12)5-6-11-4-2-3-9-11/h2-4,12H,5-8H2,1H3. The first-order chi connectivity index (χ1) is 5.83. The molecule has 0 aromatic carbocycles. The van der Waals surface area contributed by atoms with Gasteiger partial charge in [-0.3, -0.25) is 4.68 Å². The summed E-state index contributed by atoms with van der Waals surface area (Å²) in [7, 11) is 1.99. The van der Waals surface area contributed by atoms with E-state index in [0.717, 1.165) is 19.6 Å². The van der Waals surface area contributed by atoms with Crippen molar-refractivity contribution in [3.8, 4) is 0 Å². The van der Waals surface area contributed by atoms with Crippen molar-refractivity contribution in [3.05, 3.63) is 18.5 Å². The van der Waals surface area contributed by atoms with Crippen molar-refractivity contribution in [1.82, 2.24) is 14.7 Å². The predicted octanol–water partition coefficient (Wildman–Crippen LogP) is -0.193. The molecule has 0 spiro atoms. The average Bonchev–Trinajstić information content (AvgIpc) is 2.53. The summed E-state index contributed by atoms with van der Waals surface area (Å²) in [5.41, 5.74) is 0. The molecule has 68 valence electrons. The fourth-order valence-corrected chi connectivity index (χ4v) is 0.988. The molecular weight excluding hydrogens is 154 g/mol. The summed E-state index contributed by atoms with van der Waals surface area (Å²) in [6.07, 6.45) is 3.71. The lowest BCUT2D eigenvalue weighted by Gasteiger charge is -2.14. The van der Waals surface area contributed by atoms with Crippen LogP contribution in [0.2, 0.25) is 0 Å². The summed E-state index contributed by atoms with van der Waals surface area (Å²) < 4.78 is 1.88. The van der Waals surface area contributed by atoms with Gasteiger partial charge in [-0.25, -0.2) is 0 Å². The largest absolute Gasteiger partial charge is 0.395 e. The van der Waals surface area contributed by atoms with E-state index in [0.29, 0.717) is 0 Å². The van der Waals surface area contributed by atoms with Crippen LogP contribution in [0.1, 0.15) is 0 Å². The highest BCUT2D eigenvalue weighted by molar-refractivity contribution is 4.77. The van der Waals surface area contributed by atoms with Gasteiger partial charge in [-0.1, -0.05) is 0 Å². The summed E-state index contributed by atoms with van der Waals surface area (Å²) in [5, 5.41) is 12.7. The highest BCUT2D eigenvalue weighted by atomic mass is 16.3. The molecule has 0 radical (unpaired) electrons. The zero-order chi connectivity index (χ0) is 8.81. The second-order valence-electron chi connectivity index (χ2n) is 2.80. The molecule has 12 heavy (non-hydrogen) atoms. The maximum Gasteiger partial charge on any atom is 0.0558 e. The topological polar surface area (TPSA) is 41.3 Å². The highest BCUT2D eigenvalue weighted by Gasteiger charge is 1.96. The van der Waals surface area contributed by atoms with Gasteiger partial charge >= 0.3 is 0 Å². The first kappa shape index (κ1) is 9.22. The van der Waals surface area contributed by atoms with Crippen LogP contribution in [0.4, 0.5) is 0 Å². The zero-order valence-corrected chi connectivity index (χ0v) is 7.35. The van der Waals surface area contributed by atoms with Crippen LogP contribution in [0.5, 0.6) is 0 Å². The normalized spacial score (nSPS) is 10.9. The molecule has 1 aromatic rings. The lowest BCUT2D eigenvalue weighted by molar-refractivity contribution is 0.215. The summed E-state index contributed by atoms with van der Waals surface area (Å²) in [5.74, 6) is 0. The van der Waals surface area contributed by atoms with E-state index < -0.39 is 0 Å². The first-order valence-electron chi connectivity index (χ1n) is 4.10. The predicted molar refractivity (Wildman–Crippen MR) is 46.8 cm³/mol. The molecule has 0 saturated carbocycles. The fourth-order valence-electron chi connectivity index (χ4n) is 0.988. The van der Waals surface area contributed by atoms with Gasteiger partial charge in [-0.05, 0) is 13.1 Å². The quantitative estimate of drug-likeness (QED) is 0.664. The summed E-state index contributed by atoms with van der Waals surface area (Å²) in [4.78, 5) is 2.07. The van der Waals surface area contributed by atoms with Crippen molar-refractivity contribution >= 4 is 0 Å². The van der Waals surface area contributed by atoms with Crippen molar-refractivity contribution in [2.75, 3.05) is 26.7 Å². The van der Waals surface area contributed by atoms with E-state index in [2.05, 4.69) is 10.00 Å². The number of likely N-dealkylation sites (N-methyl/N-ethyl adjacent to an activating group) is 1. The van der Waals surface area contributed by atoms with Gasteiger partial charge in [0.25, 0.3) is 0 Å². The molecule has 1 aromatic heterocycles. The van der Waals surface area contributed by atoms with E-state index in [1.54, 1.807) is 6.20 Å². The van der Waals surface area contributed by atoms with Crippen LogP contribution in [0.25, 0.3) is 0 Å². The van der Waals surface area contributed by atoms with Gasteiger partial charge in [0.1, 0.15) is 0 Å². The van der Waals surface area contributed by atoms with Gasteiger partial charge in [0.2, 0.25) is 0 Å². The van der Waals surface area contributed by atoms with Gasteiger partial charge in [-0.15, -0.1) is 0 Å². The first-order valence-corrected chi connectivity index (χ1v) is 4.10. The van der Waals surface area contributed by atoms with Crippen molar-refractivity contribution in [2.24, 2.45) is 0 Å². The molecule has 4 heteroatoms. The van der Waals surface area contributed by atoms with Gasteiger partial charge in [-0.2, -0.15) is 5.10 Å². The van der Waals surface area contributed by atoms with Crippen LogP contribution < -0.4 is 0 Å². The maximum absolute atomic E-state index is 8.63. The number of rotatable bonds is 5. The number of hydrogen-bond acceptors (Lipinski definition) is 3. The summed E-state index contributed by atoms with van der Waals surface area (Å²) in [6, 6.07) is 1.91. The lowest BCUT2D eigenvalue weighted by Crippen LogP contribution is -2.26. The Kier molecular flexibility index (Phi) is 3.76. The highest BCUT2D eigenvalue weighted by Crippen LogP contribution is 1.87. The molecule has 0 bridgehead atoms. The number of aromatic nitrogens is 2. The Labute approximate surface area is 72.4 Å². The second kappa shape index (κ2) is 4.90. The Morgan fingerprint density at radius 1 is 1.50 bits per heavy atom. The van der Waals surface area contributed by atoms with Crippen LogP contribution in [-0.4, -0.2) is 46.5 Å². The van der Waals surface area contributed by atoms with Gasteiger partial charge < -0.3 is 10.0 Å². The molecule has 0 aliphatic rings. The maximum atomic E-state index is 8.63. The smallest absolute Gasteiger partial charge is 0.0558 e. The Balaban J connectivity index is 2.17. The summed E-state index contributed by atoms with van der Waals surface area (Å²) >= 11 is 0. The van der Waals surface area contributed by atoms with Gasteiger partial charge in [0.15, 0.2) is 0 Å². The van der Waals surface area contributed by atoms with Crippen LogP contribution >= 0.6 is 0 Å². The number of aliphatic hydroxyl groups is 1. The van der Waals surface area contributed by atoms with Crippen LogP contribution in [0, 0.1) is 0 Å². The van der Waals surface area contributed by atoms with E-state index >= 15 is 0 Å². The lowest BCUT2D eigenvalue weighted by atomic mass is 10.5. The second-order valence-corrected chi connectivity index (χ2v) is 2.80. The molecule has 4 nitrogen and oxygen atoms in total. The van der Waals surface area contributed by atoms with E-state index in [1.807, 2.05) is 24.0 Å². The minimum Gasteiger partial charge on any atom is -0.395 e. The average molecular weight is 169 g/mol. The molecule has 0 saturated heterocycles. The van der Waals surface area contributed by atoms with E-state index in [4.69, 9.17) is 5.11 Å². The third kappa shape index (κ3) is 3.02. The SMILES string of the molecule is CN(CCO)CCn1cccn1. The molecule has 0 fully saturated rings. The molecule has 0 aliphatic heterocycles. The number of aliphatic hydroxyl groups excluding tert-OH is 1. The van der Waals surface area contributed by atoms with E-state index in [9.17, 15) is 0 Å². The molecule has 1 rings (SSSR count). The number of nitrogens with zero attached hydrogens (tertiary/aromatic N) is 3. The van der Waals surface area contributed by atoms with Gasteiger partial charge in [0, 0.05) is 25.5 Å². The van der Waals surface area contributed by atoms with Crippen molar-refractivity contribution in [3.63, 3.8) is 0 Å². The van der Waals surface area contributed by atoms with Crippen LogP contribution in [-0.2, 0) is 6.54 Å². The number of hydrogen-bond donors (Lipinski definition) is 1. The van der Waals surface area contributed by atoms with Crippen molar-refractivity contribution in [1.29, 1.82) is 0 Å². The third-order valence-corrected chi connectivity index (χ3v) is 1.75. The van der Waals surface area contributed by atoms with Gasteiger partial charge in [0.05, 0.1) is 13.2 Å². The van der Waals surface area contributed by atoms with E-state index in [-0.39, 0.29) is 6.61 Å². The minimum atomic E-state index is 0.218. The Morgan fingerprint density at radius 3 is 2.92 bits per heavy atom. The Bertz CT molecular complexity index is 198. The molecule has 1 heterocycles. The monoisotopic (exact) mass is 169 g/mol. The third-order valence-electron chi connectivity index (χ3n) is 1.75. The molecule has 0 aliphatic carbocycles. The molecule has 0 unspecified atom stereocenters. The van der Waals surface area contributed by atoms with Crippen molar-refractivity contribution in [2.45, 2.75) is 6.54 Å². The Hall–Kier alpha value is -0.870. The van der Waals surface area contributed by atoms with E-state index in [1.165, 1.54) is 0 Å². The minimum absolute atomic E-state index is 0.218. The van der Waals surface area contributed by atoms with Crippen LogP contribution in [0.15, 0.2) is 18.5 Å². The fraction of sp³-hybridized carbons (Fsp3) is 0.625. The zero-order valence-electron chi connectivity index (χ0n) is 7.35.